The van der Waals surface area contributed by atoms with Crippen molar-refractivity contribution in [1.82, 2.24) is 8.61 Å². The number of nitrogens with two attached hydrogens (primary N) is 1. The molecule has 1 saturated heterocycles. The third-order valence-electron chi connectivity index (χ3n) is 2.69. The fraction of sp³-hybridized carbons (Fsp3) is 1.00. The van der Waals surface area contributed by atoms with Crippen LogP contribution < -0.4 is 5.90 Å². The molecule has 0 bridgehead atoms. The Labute approximate surface area is 91.1 Å². The lowest BCUT2D eigenvalue weighted by Crippen LogP contribution is -2.45. The molecule has 1 aliphatic rings. The molecular weight excluding hydrogens is 218 g/mol. The van der Waals surface area contributed by atoms with Crippen molar-refractivity contribution < 1.29 is 13.3 Å². The monoisotopic (exact) mass is 237 g/mol. The minimum absolute atomic E-state index is 0.378. The van der Waals surface area contributed by atoms with Crippen LogP contribution in [-0.4, -0.2) is 50.8 Å². The Balaban J connectivity index is 2.51. The number of hydrogen-bond donors (Lipinski definition) is 1. The maximum Gasteiger partial charge on any atom is 0.281 e. The molecule has 0 atom stereocenters. The Kier molecular flexibility index (Phi) is 4.47. The van der Waals surface area contributed by atoms with E-state index < -0.39 is 10.2 Å². The first-order chi connectivity index (χ1) is 6.98. The smallest absolute Gasteiger partial charge is 0.281 e. The van der Waals surface area contributed by atoms with Gasteiger partial charge in [-0.2, -0.15) is 17.0 Å². The van der Waals surface area contributed by atoms with Gasteiger partial charge in [0.15, 0.2) is 0 Å². The number of piperidine rings is 1. The van der Waals surface area contributed by atoms with Crippen molar-refractivity contribution in [3.8, 4) is 0 Å². The SMILES string of the molecule is CN(C)S(=O)(=O)N1CCC(CON)CC1. The van der Waals surface area contributed by atoms with Gasteiger partial charge in [-0.25, -0.2) is 5.90 Å². The van der Waals surface area contributed by atoms with Gasteiger partial charge in [-0.15, -0.1) is 0 Å². The van der Waals surface area contributed by atoms with Crippen molar-refractivity contribution in [1.29, 1.82) is 0 Å². The third kappa shape index (κ3) is 3.12. The Bertz CT molecular complexity index is 284. The number of rotatable bonds is 4. The highest BCUT2D eigenvalue weighted by atomic mass is 32.2. The zero-order chi connectivity index (χ0) is 11.5. The van der Waals surface area contributed by atoms with Crippen molar-refractivity contribution in [3.63, 3.8) is 0 Å². The molecule has 1 fully saturated rings. The first-order valence-corrected chi connectivity index (χ1v) is 6.37. The van der Waals surface area contributed by atoms with E-state index in [1.165, 1.54) is 8.61 Å². The molecule has 0 unspecified atom stereocenters. The van der Waals surface area contributed by atoms with Gasteiger partial charge in [-0.1, -0.05) is 0 Å². The maximum absolute atomic E-state index is 11.7. The van der Waals surface area contributed by atoms with Gasteiger partial charge < -0.3 is 4.84 Å². The summed E-state index contributed by atoms with van der Waals surface area (Å²) in [5.41, 5.74) is 0. The van der Waals surface area contributed by atoms with E-state index in [4.69, 9.17) is 5.90 Å². The lowest BCUT2D eigenvalue weighted by Gasteiger charge is -2.32. The Morgan fingerprint density at radius 2 is 1.93 bits per heavy atom. The minimum atomic E-state index is -3.24. The summed E-state index contributed by atoms with van der Waals surface area (Å²) < 4.78 is 26.2. The summed E-state index contributed by atoms with van der Waals surface area (Å²) in [6.07, 6.45) is 1.62. The Hall–Kier alpha value is -0.210. The van der Waals surface area contributed by atoms with Gasteiger partial charge >= 0.3 is 0 Å². The van der Waals surface area contributed by atoms with E-state index >= 15 is 0 Å². The van der Waals surface area contributed by atoms with Crippen molar-refractivity contribution in [2.75, 3.05) is 33.8 Å². The second-order valence-electron chi connectivity index (χ2n) is 3.97. The molecule has 0 aliphatic carbocycles. The predicted molar refractivity (Wildman–Crippen MR) is 57.0 cm³/mol. The highest BCUT2D eigenvalue weighted by molar-refractivity contribution is 7.86. The predicted octanol–water partition coefficient (Wildman–Crippen LogP) is -0.605. The van der Waals surface area contributed by atoms with Crippen molar-refractivity contribution in [2.24, 2.45) is 11.8 Å². The van der Waals surface area contributed by atoms with Gasteiger partial charge in [0.25, 0.3) is 10.2 Å². The average Bonchev–Trinajstić information content (AvgIpc) is 2.19. The molecular formula is C8H19N3O3S. The van der Waals surface area contributed by atoms with Crippen molar-refractivity contribution in [2.45, 2.75) is 12.8 Å². The van der Waals surface area contributed by atoms with E-state index in [9.17, 15) is 8.42 Å². The van der Waals surface area contributed by atoms with Crippen molar-refractivity contribution >= 4 is 10.2 Å². The van der Waals surface area contributed by atoms with Gasteiger partial charge in [-0.05, 0) is 18.8 Å². The minimum Gasteiger partial charge on any atom is -0.304 e. The highest BCUT2D eigenvalue weighted by Gasteiger charge is 2.29. The first kappa shape index (κ1) is 12.9. The summed E-state index contributed by atoms with van der Waals surface area (Å²) in [4.78, 5) is 4.57. The first-order valence-electron chi connectivity index (χ1n) is 4.97. The van der Waals surface area contributed by atoms with Gasteiger partial charge in [0.1, 0.15) is 0 Å². The Morgan fingerprint density at radius 3 is 2.33 bits per heavy atom. The summed E-state index contributed by atoms with van der Waals surface area (Å²) in [7, 11) is -0.152. The third-order valence-corrected chi connectivity index (χ3v) is 4.63. The summed E-state index contributed by atoms with van der Waals surface area (Å²) in [6.45, 7) is 1.61. The zero-order valence-electron chi connectivity index (χ0n) is 9.22. The van der Waals surface area contributed by atoms with Crippen LogP contribution in [0.3, 0.4) is 0 Å². The number of hydrogen-bond acceptors (Lipinski definition) is 4. The molecule has 0 aromatic carbocycles. The fourth-order valence-electron chi connectivity index (χ4n) is 1.67. The molecule has 90 valence electrons. The van der Waals surface area contributed by atoms with Crippen LogP contribution in [0.15, 0.2) is 0 Å². The number of nitrogens with zero attached hydrogens (tertiary/aromatic N) is 2. The van der Waals surface area contributed by atoms with E-state index in [-0.39, 0.29) is 0 Å². The molecule has 0 radical (unpaired) electrons. The van der Waals surface area contributed by atoms with E-state index in [1.54, 1.807) is 14.1 Å². The maximum atomic E-state index is 11.7. The second-order valence-corrected chi connectivity index (χ2v) is 6.11. The molecule has 0 saturated carbocycles. The molecule has 1 heterocycles. The molecule has 0 amide bonds. The van der Waals surface area contributed by atoms with Crippen LogP contribution in [0.5, 0.6) is 0 Å². The fourth-order valence-corrected chi connectivity index (χ4v) is 2.81. The molecule has 1 aliphatic heterocycles. The van der Waals surface area contributed by atoms with Gasteiger partial charge in [-0.3, -0.25) is 0 Å². The average molecular weight is 237 g/mol. The summed E-state index contributed by atoms with van der Waals surface area (Å²) in [5, 5.41) is 0. The van der Waals surface area contributed by atoms with E-state index in [2.05, 4.69) is 4.84 Å². The van der Waals surface area contributed by atoms with Crippen LogP contribution in [0.2, 0.25) is 0 Å². The Morgan fingerprint density at radius 1 is 1.40 bits per heavy atom. The van der Waals surface area contributed by atoms with E-state index in [1.807, 2.05) is 0 Å². The molecule has 2 N–H and O–H groups in total. The van der Waals surface area contributed by atoms with Crippen LogP contribution in [0, 0.1) is 5.92 Å². The largest absolute Gasteiger partial charge is 0.304 e. The van der Waals surface area contributed by atoms with E-state index in [0.717, 1.165) is 12.8 Å². The summed E-state index contributed by atoms with van der Waals surface area (Å²) in [5.74, 6) is 5.37. The van der Waals surface area contributed by atoms with Crippen LogP contribution in [-0.2, 0) is 15.0 Å². The molecule has 7 heteroatoms. The molecule has 0 aromatic heterocycles. The summed E-state index contributed by atoms with van der Waals surface area (Å²) >= 11 is 0. The standard InChI is InChI=1S/C8H19N3O3S/c1-10(2)15(12,13)11-5-3-8(4-6-11)7-14-9/h8H,3-7,9H2,1-2H3. The second kappa shape index (κ2) is 5.22. The molecule has 0 spiro atoms. The highest BCUT2D eigenvalue weighted by Crippen LogP contribution is 2.20. The van der Waals surface area contributed by atoms with Crippen LogP contribution in [0.1, 0.15) is 12.8 Å². The zero-order valence-corrected chi connectivity index (χ0v) is 10.0. The van der Waals surface area contributed by atoms with Crippen molar-refractivity contribution in [3.05, 3.63) is 0 Å². The normalized spacial score (nSPS) is 21.1. The van der Waals surface area contributed by atoms with Crippen LogP contribution in [0.4, 0.5) is 0 Å². The lowest BCUT2D eigenvalue weighted by atomic mass is 9.99. The van der Waals surface area contributed by atoms with Gasteiger partial charge in [0.2, 0.25) is 0 Å². The van der Waals surface area contributed by atoms with E-state index in [0.29, 0.717) is 25.6 Å². The molecule has 15 heavy (non-hydrogen) atoms. The van der Waals surface area contributed by atoms with Crippen LogP contribution >= 0.6 is 0 Å². The lowest BCUT2D eigenvalue weighted by molar-refractivity contribution is 0.0799. The molecule has 6 nitrogen and oxygen atoms in total. The van der Waals surface area contributed by atoms with Gasteiger partial charge in [0.05, 0.1) is 6.61 Å². The molecule has 0 aromatic rings. The van der Waals surface area contributed by atoms with Crippen LogP contribution in [0.25, 0.3) is 0 Å². The quantitative estimate of drug-likeness (QED) is 0.662. The topological polar surface area (TPSA) is 75.9 Å². The summed E-state index contributed by atoms with van der Waals surface area (Å²) in [6, 6.07) is 0. The van der Waals surface area contributed by atoms with Gasteiger partial charge in [0, 0.05) is 27.2 Å². The molecule has 1 rings (SSSR count).